The SMILES string of the molecule is COc1nccc(CCN2CC(F)C2)n1. The number of halogens is 1. The van der Waals surface area contributed by atoms with Crippen LogP contribution in [-0.2, 0) is 6.42 Å². The first-order valence-corrected chi connectivity index (χ1v) is 5.00. The van der Waals surface area contributed by atoms with Crippen molar-refractivity contribution < 1.29 is 9.13 Å². The van der Waals surface area contributed by atoms with Gasteiger partial charge in [0.2, 0.25) is 0 Å². The highest BCUT2D eigenvalue weighted by Gasteiger charge is 2.25. The highest BCUT2D eigenvalue weighted by atomic mass is 19.1. The lowest BCUT2D eigenvalue weighted by Crippen LogP contribution is -2.48. The van der Waals surface area contributed by atoms with Gasteiger partial charge in [0.15, 0.2) is 0 Å². The molecule has 2 rings (SSSR count). The van der Waals surface area contributed by atoms with Crippen LogP contribution in [0.15, 0.2) is 12.3 Å². The van der Waals surface area contributed by atoms with Crippen molar-refractivity contribution >= 4 is 0 Å². The number of rotatable bonds is 4. The van der Waals surface area contributed by atoms with Gasteiger partial charge in [0.25, 0.3) is 0 Å². The molecular formula is C10H14FN3O. The van der Waals surface area contributed by atoms with E-state index >= 15 is 0 Å². The molecule has 82 valence electrons. The molecule has 0 aliphatic carbocycles. The Kier molecular flexibility index (Phi) is 3.11. The lowest BCUT2D eigenvalue weighted by Gasteiger charge is -2.34. The van der Waals surface area contributed by atoms with Gasteiger partial charge in [-0.25, -0.2) is 14.4 Å². The second-order valence-electron chi connectivity index (χ2n) is 3.64. The van der Waals surface area contributed by atoms with Crippen LogP contribution >= 0.6 is 0 Å². The third-order valence-electron chi connectivity index (χ3n) is 2.47. The summed E-state index contributed by atoms with van der Waals surface area (Å²) in [6.45, 7) is 1.96. The van der Waals surface area contributed by atoms with E-state index in [9.17, 15) is 4.39 Å². The van der Waals surface area contributed by atoms with Crippen LogP contribution in [0.2, 0.25) is 0 Å². The third-order valence-corrected chi connectivity index (χ3v) is 2.47. The summed E-state index contributed by atoms with van der Waals surface area (Å²) in [4.78, 5) is 10.2. The molecule has 1 saturated heterocycles. The molecule has 1 aliphatic heterocycles. The Morgan fingerprint density at radius 2 is 2.40 bits per heavy atom. The summed E-state index contributed by atoms with van der Waals surface area (Å²) in [6.07, 6.45) is 1.85. The summed E-state index contributed by atoms with van der Waals surface area (Å²) in [5.74, 6) is 0. The van der Waals surface area contributed by atoms with Crippen LogP contribution in [0.4, 0.5) is 4.39 Å². The van der Waals surface area contributed by atoms with E-state index in [4.69, 9.17) is 4.74 Å². The van der Waals surface area contributed by atoms with E-state index in [0.29, 0.717) is 19.1 Å². The highest BCUT2D eigenvalue weighted by molar-refractivity contribution is 5.06. The van der Waals surface area contributed by atoms with E-state index in [2.05, 4.69) is 14.9 Å². The minimum absolute atomic E-state index is 0.388. The molecule has 0 atom stereocenters. The summed E-state index contributed by atoms with van der Waals surface area (Å²) in [5.41, 5.74) is 0.934. The van der Waals surface area contributed by atoms with E-state index in [-0.39, 0.29) is 0 Å². The number of aromatic nitrogens is 2. The van der Waals surface area contributed by atoms with Crippen molar-refractivity contribution in [3.05, 3.63) is 18.0 Å². The number of hydrogen-bond donors (Lipinski definition) is 0. The third kappa shape index (κ3) is 2.62. The first-order valence-electron chi connectivity index (χ1n) is 5.00. The van der Waals surface area contributed by atoms with Crippen molar-refractivity contribution in [1.29, 1.82) is 0 Å². The van der Waals surface area contributed by atoms with Crippen molar-refractivity contribution in [1.82, 2.24) is 14.9 Å². The predicted octanol–water partition coefficient (Wildman–Crippen LogP) is 0.681. The van der Waals surface area contributed by atoms with Gasteiger partial charge in [-0.05, 0) is 6.07 Å². The zero-order valence-corrected chi connectivity index (χ0v) is 8.69. The molecule has 0 saturated carbocycles. The van der Waals surface area contributed by atoms with Gasteiger partial charge in [-0.1, -0.05) is 0 Å². The van der Waals surface area contributed by atoms with Gasteiger partial charge in [0.05, 0.1) is 7.11 Å². The maximum absolute atomic E-state index is 12.5. The maximum Gasteiger partial charge on any atom is 0.316 e. The van der Waals surface area contributed by atoms with Crippen LogP contribution < -0.4 is 4.74 Å². The van der Waals surface area contributed by atoms with Crippen LogP contribution in [0, 0.1) is 0 Å². The van der Waals surface area contributed by atoms with Crippen LogP contribution in [-0.4, -0.2) is 47.8 Å². The molecule has 0 unspecified atom stereocenters. The monoisotopic (exact) mass is 211 g/mol. The van der Waals surface area contributed by atoms with E-state index in [0.717, 1.165) is 18.7 Å². The van der Waals surface area contributed by atoms with Crippen LogP contribution in [0.25, 0.3) is 0 Å². The molecule has 1 aromatic heterocycles. The first kappa shape index (κ1) is 10.3. The normalized spacial score (nSPS) is 17.5. The van der Waals surface area contributed by atoms with Gasteiger partial charge in [-0.2, -0.15) is 0 Å². The van der Waals surface area contributed by atoms with Gasteiger partial charge < -0.3 is 4.74 Å². The minimum atomic E-state index is -0.634. The first-order chi connectivity index (χ1) is 7.28. The Labute approximate surface area is 88.1 Å². The fourth-order valence-electron chi connectivity index (χ4n) is 1.58. The van der Waals surface area contributed by atoms with Gasteiger partial charge >= 0.3 is 6.01 Å². The fraction of sp³-hybridized carbons (Fsp3) is 0.600. The second-order valence-corrected chi connectivity index (χ2v) is 3.64. The molecule has 0 spiro atoms. The Balaban J connectivity index is 1.82. The molecule has 0 radical (unpaired) electrons. The summed E-state index contributed by atoms with van der Waals surface area (Å²) >= 11 is 0. The standard InChI is InChI=1S/C10H14FN3O/c1-15-10-12-4-2-9(13-10)3-5-14-6-8(11)7-14/h2,4,8H,3,5-7H2,1H3. The van der Waals surface area contributed by atoms with Crippen molar-refractivity contribution in [2.75, 3.05) is 26.7 Å². The summed E-state index contributed by atoms with van der Waals surface area (Å²) in [6, 6.07) is 2.24. The molecule has 0 bridgehead atoms. The quantitative estimate of drug-likeness (QED) is 0.734. The second kappa shape index (κ2) is 4.53. The number of ether oxygens (including phenoxy) is 1. The number of likely N-dealkylation sites (tertiary alicyclic amines) is 1. The average Bonchev–Trinajstić information content (AvgIpc) is 2.23. The maximum atomic E-state index is 12.5. The Hall–Kier alpha value is -1.23. The zero-order valence-electron chi connectivity index (χ0n) is 8.69. The van der Waals surface area contributed by atoms with Crippen LogP contribution in [0.5, 0.6) is 6.01 Å². The molecule has 0 aromatic carbocycles. The molecule has 1 fully saturated rings. The van der Waals surface area contributed by atoms with E-state index < -0.39 is 6.17 Å². The Morgan fingerprint density at radius 3 is 3.07 bits per heavy atom. The van der Waals surface area contributed by atoms with Crippen molar-refractivity contribution in [3.8, 4) is 6.01 Å². The number of methoxy groups -OCH3 is 1. The topological polar surface area (TPSA) is 38.2 Å². The Bertz CT molecular complexity index is 328. The molecule has 4 nitrogen and oxygen atoms in total. The number of hydrogen-bond acceptors (Lipinski definition) is 4. The molecule has 1 aromatic rings. The van der Waals surface area contributed by atoms with Gasteiger partial charge in [-0.3, -0.25) is 4.90 Å². The number of alkyl halides is 1. The van der Waals surface area contributed by atoms with E-state index in [1.165, 1.54) is 0 Å². The predicted molar refractivity (Wildman–Crippen MR) is 53.6 cm³/mol. The summed E-state index contributed by atoms with van der Waals surface area (Å²) < 4.78 is 17.4. The molecule has 0 N–H and O–H groups in total. The average molecular weight is 211 g/mol. The number of nitrogens with zero attached hydrogens (tertiary/aromatic N) is 3. The summed E-state index contributed by atoms with van der Waals surface area (Å²) in [7, 11) is 1.54. The lowest BCUT2D eigenvalue weighted by molar-refractivity contribution is 0.0668. The molecule has 15 heavy (non-hydrogen) atoms. The summed E-state index contributed by atoms with van der Waals surface area (Å²) in [5, 5.41) is 0. The van der Waals surface area contributed by atoms with Crippen LogP contribution in [0.1, 0.15) is 5.69 Å². The van der Waals surface area contributed by atoms with Crippen molar-refractivity contribution in [3.63, 3.8) is 0 Å². The Morgan fingerprint density at radius 1 is 1.60 bits per heavy atom. The van der Waals surface area contributed by atoms with Crippen molar-refractivity contribution in [2.24, 2.45) is 0 Å². The highest BCUT2D eigenvalue weighted by Crippen LogP contribution is 2.12. The van der Waals surface area contributed by atoms with Gasteiger partial charge in [-0.15, -0.1) is 0 Å². The smallest absolute Gasteiger partial charge is 0.316 e. The molecule has 0 amide bonds. The molecular weight excluding hydrogens is 197 g/mol. The largest absolute Gasteiger partial charge is 0.467 e. The fourth-order valence-corrected chi connectivity index (χ4v) is 1.58. The minimum Gasteiger partial charge on any atom is -0.467 e. The molecule has 1 aliphatic rings. The van der Waals surface area contributed by atoms with E-state index in [1.54, 1.807) is 13.3 Å². The van der Waals surface area contributed by atoms with Gasteiger partial charge in [0, 0.05) is 37.9 Å². The molecule has 5 heteroatoms. The van der Waals surface area contributed by atoms with E-state index in [1.807, 2.05) is 6.07 Å². The zero-order chi connectivity index (χ0) is 10.7. The lowest BCUT2D eigenvalue weighted by atomic mass is 10.1. The van der Waals surface area contributed by atoms with Crippen LogP contribution in [0.3, 0.4) is 0 Å². The van der Waals surface area contributed by atoms with Gasteiger partial charge in [0.1, 0.15) is 6.17 Å². The van der Waals surface area contributed by atoms with Crippen molar-refractivity contribution in [2.45, 2.75) is 12.6 Å². The molecule has 2 heterocycles.